The zero-order valence-electron chi connectivity index (χ0n) is 9.25. The predicted octanol–water partition coefficient (Wildman–Crippen LogP) is 3.52. The van der Waals surface area contributed by atoms with Crippen LogP contribution in [0.4, 0.5) is 5.69 Å². The van der Waals surface area contributed by atoms with Crippen LogP contribution in [0.1, 0.15) is 5.56 Å². The van der Waals surface area contributed by atoms with Crippen LogP contribution in [0.2, 0.25) is 0 Å². The number of hydrogen-bond acceptors (Lipinski definition) is 4. The van der Waals surface area contributed by atoms with Gasteiger partial charge in [-0.15, -0.1) is 11.6 Å². The summed E-state index contributed by atoms with van der Waals surface area (Å²) < 4.78 is 5.45. The van der Waals surface area contributed by atoms with Crippen LogP contribution in [0.3, 0.4) is 0 Å². The average Bonchev–Trinajstić information content (AvgIpc) is 2.39. The molecule has 0 aliphatic rings. The van der Waals surface area contributed by atoms with Crippen LogP contribution in [0.5, 0.6) is 11.5 Å². The molecule has 2 aromatic rings. The molecule has 2 rings (SSSR count). The van der Waals surface area contributed by atoms with Crippen LogP contribution in [-0.2, 0) is 5.88 Å². The largest absolute Gasteiger partial charge is 0.448 e. The summed E-state index contributed by atoms with van der Waals surface area (Å²) >= 11 is 5.68. The number of para-hydroxylation sites is 2. The molecule has 0 atom stereocenters. The van der Waals surface area contributed by atoms with Crippen molar-refractivity contribution in [3.63, 3.8) is 0 Å². The van der Waals surface area contributed by atoms with Crippen molar-refractivity contribution in [3.8, 4) is 11.5 Å². The van der Waals surface area contributed by atoms with Gasteiger partial charge in [-0.2, -0.15) is 0 Å². The van der Waals surface area contributed by atoms with Crippen molar-refractivity contribution < 1.29 is 9.66 Å². The van der Waals surface area contributed by atoms with Crippen molar-refractivity contribution >= 4 is 17.3 Å². The second-order valence-electron chi connectivity index (χ2n) is 3.49. The molecule has 0 aliphatic heterocycles. The van der Waals surface area contributed by atoms with E-state index in [9.17, 15) is 10.1 Å². The quantitative estimate of drug-likeness (QED) is 0.481. The second kappa shape index (κ2) is 5.46. The number of nitro groups is 1. The Bertz CT molecular complexity index is 575. The van der Waals surface area contributed by atoms with Crippen molar-refractivity contribution in [1.82, 2.24) is 4.98 Å². The Morgan fingerprint density at radius 3 is 2.83 bits per heavy atom. The van der Waals surface area contributed by atoms with Gasteiger partial charge >= 0.3 is 5.69 Å². The fourth-order valence-corrected chi connectivity index (χ4v) is 1.56. The highest BCUT2D eigenvalue weighted by molar-refractivity contribution is 6.17. The molecule has 0 bridgehead atoms. The summed E-state index contributed by atoms with van der Waals surface area (Å²) in [6.07, 6.45) is 3.09. The molecule has 0 radical (unpaired) electrons. The fraction of sp³-hybridized carbons (Fsp3) is 0.0833. The van der Waals surface area contributed by atoms with E-state index < -0.39 is 4.92 Å². The predicted molar refractivity (Wildman–Crippen MR) is 67.0 cm³/mol. The highest BCUT2D eigenvalue weighted by Crippen LogP contribution is 2.30. The molecule has 0 aliphatic carbocycles. The van der Waals surface area contributed by atoms with E-state index in [1.807, 2.05) is 0 Å². The zero-order chi connectivity index (χ0) is 13.0. The number of ether oxygens (including phenoxy) is 1. The third kappa shape index (κ3) is 2.75. The molecule has 0 amide bonds. The lowest BCUT2D eigenvalue weighted by atomic mass is 10.3. The molecule has 0 saturated heterocycles. The Morgan fingerprint density at radius 1 is 1.33 bits per heavy atom. The van der Waals surface area contributed by atoms with Gasteiger partial charge in [-0.05, 0) is 17.7 Å². The zero-order valence-corrected chi connectivity index (χ0v) is 10.0. The van der Waals surface area contributed by atoms with E-state index in [1.54, 1.807) is 24.4 Å². The lowest BCUT2D eigenvalue weighted by molar-refractivity contribution is -0.385. The number of pyridine rings is 1. The van der Waals surface area contributed by atoms with E-state index in [2.05, 4.69) is 4.98 Å². The van der Waals surface area contributed by atoms with Crippen molar-refractivity contribution in [2.24, 2.45) is 0 Å². The van der Waals surface area contributed by atoms with E-state index in [0.29, 0.717) is 11.6 Å². The van der Waals surface area contributed by atoms with Crippen molar-refractivity contribution in [2.75, 3.05) is 0 Å². The average molecular weight is 265 g/mol. The number of halogens is 1. The third-order valence-electron chi connectivity index (χ3n) is 2.21. The molecule has 1 aromatic heterocycles. The highest BCUT2D eigenvalue weighted by Gasteiger charge is 2.14. The van der Waals surface area contributed by atoms with Gasteiger partial charge < -0.3 is 4.74 Å². The topological polar surface area (TPSA) is 65.3 Å². The van der Waals surface area contributed by atoms with Crippen LogP contribution in [-0.4, -0.2) is 9.91 Å². The van der Waals surface area contributed by atoms with Gasteiger partial charge in [0.15, 0.2) is 0 Å². The lowest BCUT2D eigenvalue weighted by Gasteiger charge is -2.06. The molecule has 1 heterocycles. The van der Waals surface area contributed by atoms with E-state index in [4.69, 9.17) is 16.3 Å². The maximum Gasteiger partial charge on any atom is 0.311 e. The van der Waals surface area contributed by atoms with Crippen molar-refractivity contribution in [2.45, 2.75) is 5.88 Å². The van der Waals surface area contributed by atoms with Crippen molar-refractivity contribution in [1.29, 1.82) is 0 Å². The van der Waals surface area contributed by atoms with Crippen molar-refractivity contribution in [3.05, 3.63) is 58.4 Å². The van der Waals surface area contributed by atoms with Crippen LogP contribution in [0, 0.1) is 10.1 Å². The van der Waals surface area contributed by atoms with Crippen LogP contribution in [0.15, 0.2) is 42.7 Å². The van der Waals surface area contributed by atoms with E-state index in [-0.39, 0.29) is 11.4 Å². The van der Waals surface area contributed by atoms with E-state index in [0.717, 1.165) is 5.56 Å². The minimum atomic E-state index is -0.492. The number of rotatable bonds is 4. The molecular formula is C12H9ClN2O3. The summed E-state index contributed by atoms with van der Waals surface area (Å²) in [5.74, 6) is 0.902. The Labute approximate surface area is 108 Å². The summed E-state index contributed by atoms with van der Waals surface area (Å²) in [4.78, 5) is 14.3. The smallest absolute Gasteiger partial charge is 0.311 e. The third-order valence-corrected chi connectivity index (χ3v) is 2.52. The summed E-state index contributed by atoms with van der Waals surface area (Å²) in [6.45, 7) is 0. The molecule has 0 N–H and O–H groups in total. The van der Waals surface area contributed by atoms with Gasteiger partial charge in [0, 0.05) is 18.1 Å². The molecule has 0 fully saturated rings. The number of alkyl halides is 1. The highest BCUT2D eigenvalue weighted by atomic mass is 35.5. The standard InChI is InChI=1S/C12H9ClN2O3/c13-6-9-5-10(8-14-7-9)18-12-4-2-1-3-11(12)15(16)17/h1-5,7-8H,6H2. The van der Waals surface area contributed by atoms with Gasteiger partial charge in [0.25, 0.3) is 0 Å². The van der Waals surface area contributed by atoms with E-state index >= 15 is 0 Å². The normalized spacial score (nSPS) is 10.1. The Balaban J connectivity index is 2.31. The first kappa shape index (κ1) is 12.3. The summed E-state index contributed by atoms with van der Waals surface area (Å²) in [6, 6.07) is 7.86. The minimum absolute atomic E-state index is 0.0891. The molecule has 18 heavy (non-hydrogen) atoms. The Hall–Kier alpha value is -2.14. The monoisotopic (exact) mass is 264 g/mol. The summed E-state index contributed by atoms with van der Waals surface area (Å²) in [7, 11) is 0. The summed E-state index contributed by atoms with van der Waals surface area (Å²) in [5.41, 5.74) is 0.696. The lowest BCUT2D eigenvalue weighted by Crippen LogP contribution is -1.93. The maximum absolute atomic E-state index is 10.8. The fourth-order valence-electron chi connectivity index (χ4n) is 1.41. The minimum Gasteiger partial charge on any atom is -0.448 e. The number of aromatic nitrogens is 1. The number of nitrogens with zero attached hydrogens (tertiary/aromatic N) is 2. The Morgan fingerprint density at radius 2 is 2.11 bits per heavy atom. The van der Waals surface area contributed by atoms with Crippen LogP contribution >= 0.6 is 11.6 Å². The first-order valence-electron chi connectivity index (χ1n) is 5.12. The van der Waals surface area contributed by atoms with Gasteiger partial charge in [0.2, 0.25) is 5.75 Å². The second-order valence-corrected chi connectivity index (χ2v) is 3.76. The summed E-state index contributed by atoms with van der Waals surface area (Å²) in [5, 5.41) is 10.8. The Kier molecular flexibility index (Phi) is 3.74. The van der Waals surface area contributed by atoms with Gasteiger partial charge in [-0.25, -0.2) is 0 Å². The maximum atomic E-state index is 10.8. The van der Waals surface area contributed by atoms with Gasteiger partial charge in [-0.3, -0.25) is 15.1 Å². The number of hydrogen-bond donors (Lipinski definition) is 0. The molecule has 5 nitrogen and oxygen atoms in total. The molecule has 1 aromatic carbocycles. The molecule has 0 unspecified atom stereocenters. The molecular weight excluding hydrogens is 256 g/mol. The molecule has 6 heteroatoms. The molecule has 0 spiro atoms. The number of nitro benzene ring substituents is 1. The number of benzene rings is 1. The van der Waals surface area contributed by atoms with Crippen LogP contribution in [0.25, 0.3) is 0 Å². The van der Waals surface area contributed by atoms with Gasteiger partial charge in [-0.1, -0.05) is 12.1 Å². The van der Waals surface area contributed by atoms with Gasteiger partial charge in [0.1, 0.15) is 5.75 Å². The SMILES string of the molecule is O=[N+]([O-])c1ccccc1Oc1cncc(CCl)c1. The molecule has 0 saturated carbocycles. The van der Waals surface area contributed by atoms with Gasteiger partial charge in [0.05, 0.1) is 11.1 Å². The first-order valence-corrected chi connectivity index (χ1v) is 5.65. The van der Waals surface area contributed by atoms with E-state index in [1.165, 1.54) is 18.3 Å². The first-order chi connectivity index (χ1) is 8.70. The van der Waals surface area contributed by atoms with Crippen LogP contribution < -0.4 is 4.74 Å². The molecule has 92 valence electrons.